The van der Waals surface area contributed by atoms with E-state index >= 15 is 0 Å². The van der Waals surface area contributed by atoms with E-state index in [1.165, 1.54) is 20.3 Å². The smallest absolute Gasteiger partial charge is 0.330 e. The van der Waals surface area contributed by atoms with Crippen molar-refractivity contribution in [3.05, 3.63) is 35.8 Å². The molecule has 1 unspecified atom stereocenters. The molecule has 1 atom stereocenters. The second kappa shape index (κ2) is 5.24. The molecule has 0 amide bonds. The van der Waals surface area contributed by atoms with Gasteiger partial charge in [-0.1, -0.05) is 12.2 Å². The molecule has 0 saturated carbocycles. The lowest BCUT2D eigenvalue weighted by Gasteiger charge is -2.15. The van der Waals surface area contributed by atoms with Crippen LogP contribution in [-0.4, -0.2) is 25.3 Å². The number of hydrogen-bond acceptors (Lipinski definition) is 4. The van der Waals surface area contributed by atoms with Crippen molar-refractivity contribution in [1.29, 1.82) is 0 Å². The number of ether oxygens (including phenoxy) is 2. The highest BCUT2D eigenvalue weighted by atomic mass is 16.5. The molecule has 1 aliphatic carbocycles. The summed E-state index contributed by atoms with van der Waals surface area (Å²) in [4.78, 5) is 10.8. The van der Waals surface area contributed by atoms with Crippen LogP contribution >= 0.6 is 0 Å². The van der Waals surface area contributed by atoms with Gasteiger partial charge in [-0.3, -0.25) is 0 Å². The van der Waals surface area contributed by atoms with E-state index in [1.54, 1.807) is 18.2 Å². The number of aliphatic hydroxyl groups is 1. The molecule has 0 heterocycles. The Morgan fingerprint density at radius 2 is 2.33 bits per heavy atom. The Hall–Kier alpha value is -1.71. The maximum atomic E-state index is 10.8. The maximum absolute atomic E-state index is 10.8. The van der Waals surface area contributed by atoms with Gasteiger partial charge >= 0.3 is 5.97 Å². The molecule has 0 bridgehead atoms. The standard InChI is InChI=1S/C11H14O4/c1-14-10-7-8(3-5-9(10)12)4-6-11(13)15-2/h3-6,8,12H,7H2,1-2H3/b6-4+. The number of aliphatic hydroxyl groups excluding tert-OH is 1. The van der Waals surface area contributed by atoms with Gasteiger partial charge in [0, 0.05) is 18.4 Å². The van der Waals surface area contributed by atoms with Crippen molar-refractivity contribution in [3.8, 4) is 0 Å². The Balaban J connectivity index is 2.60. The van der Waals surface area contributed by atoms with Gasteiger partial charge in [0.25, 0.3) is 0 Å². The number of rotatable bonds is 3. The summed E-state index contributed by atoms with van der Waals surface area (Å²) in [6.45, 7) is 0. The average molecular weight is 210 g/mol. The summed E-state index contributed by atoms with van der Waals surface area (Å²) in [6.07, 6.45) is 7.00. The zero-order valence-electron chi connectivity index (χ0n) is 8.77. The summed E-state index contributed by atoms with van der Waals surface area (Å²) in [5, 5.41) is 9.36. The third-order valence-corrected chi connectivity index (χ3v) is 2.14. The van der Waals surface area contributed by atoms with Crippen molar-refractivity contribution >= 4 is 5.97 Å². The minimum Gasteiger partial charge on any atom is -0.504 e. The van der Waals surface area contributed by atoms with Gasteiger partial charge in [-0.15, -0.1) is 0 Å². The van der Waals surface area contributed by atoms with Crippen LogP contribution < -0.4 is 0 Å². The zero-order valence-corrected chi connectivity index (χ0v) is 8.77. The van der Waals surface area contributed by atoms with Gasteiger partial charge in [0.2, 0.25) is 0 Å². The van der Waals surface area contributed by atoms with Crippen molar-refractivity contribution in [1.82, 2.24) is 0 Å². The molecule has 1 aliphatic rings. The lowest BCUT2D eigenvalue weighted by atomic mass is 9.98. The summed E-state index contributed by atoms with van der Waals surface area (Å²) >= 11 is 0. The molecular formula is C11H14O4. The van der Waals surface area contributed by atoms with Gasteiger partial charge in [0.05, 0.1) is 14.2 Å². The molecular weight excluding hydrogens is 196 g/mol. The third kappa shape index (κ3) is 3.16. The van der Waals surface area contributed by atoms with E-state index in [0.717, 1.165) is 0 Å². The predicted octanol–water partition coefficient (Wildman–Crippen LogP) is 1.71. The zero-order chi connectivity index (χ0) is 11.3. The van der Waals surface area contributed by atoms with Gasteiger partial charge in [0.15, 0.2) is 5.76 Å². The Labute approximate surface area is 88.5 Å². The Kier molecular flexibility index (Phi) is 3.97. The van der Waals surface area contributed by atoms with Gasteiger partial charge in [-0.25, -0.2) is 4.79 Å². The van der Waals surface area contributed by atoms with Crippen LogP contribution in [0.5, 0.6) is 0 Å². The van der Waals surface area contributed by atoms with Crippen LogP contribution in [0, 0.1) is 5.92 Å². The molecule has 0 spiro atoms. The molecule has 4 heteroatoms. The van der Waals surface area contributed by atoms with Gasteiger partial charge in [0.1, 0.15) is 5.76 Å². The molecule has 0 fully saturated rings. The van der Waals surface area contributed by atoms with Crippen LogP contribution in [0.25, 0.3) is 0 Å². The fourth-order valence-electron chi connectivity index (χ4n) is 1.28. The summed E-state index contributed by atoms with van der Waals surface area (Å²) in [5.74, 6) is 0.327. The SMILES string of the molecule is COC(=O)/C=C/C1C=CC(O)=C(OC)C1. The molecule has 1 N–H and O–H groups in total. The summed E-state index contributed by atoms with van der Waals surface area (Å²) < 4.78 is 9.47. The van der Waals surface area contributed by atoms with E-state index in [1.807, 2.05) is 0 Å². The Bertz CT molecular complexity index is 325. The van der Waals surface area contributed by atoms with E-state index in [4.69, 9.17) is 4.74 Å². The lowest BCUT2D eigenvalue weighted by Crippen LogP contribution is -2.05. The number of methoxy groups -OCH3 is 2. The normalized spacial score (nSPS) is 20.8. The minimum absolute atomic E-state index is 0.0509. The molecule has 0 aromatic heterocycles. The molecule has 0 aliphatic heterocycles. The van der Waals surface area contributed by atoms with Crippen molar-refractivity contribution in [2.24, 2.45) is 5.92 Å². The van der Waals surface area contributed by atoms with Crippen LogP contribution in [-0.2, 0) is 14.3 Å². The molecule has 4 nitrogen and oxygen atoms in total. The quantitative estimate of drug-likeness (QED) is 0.569. The molecule has 0 aromatic rings. The van der Waals surface area contributed by atoms with Crippen LogP contribution in [0.4, 0.5) is 0 Å². The van der Waals surface area contributed by atoms with Crippen LogP contribution in [0.3, 0.4) is 0 Å². The fraction of sp³-hybridized carbons (Fsp3) is 0.364. The highest BCUT2D eigenvalue weighted by molar-refractivity contribution is 5.81. The fourth-order valence-corrected chi connectivity index (χ4v) is 1.28. The van der Waals surface area contributed by atoms with Crippen molar-refractivity contribution in [3.63, 3.8) is 0 Å². The van der Waals surface area contributed by atoms with E-state index in [-0.39, 0.29) is 17.6 Å². The molecule has 0 radical (unpaired) electrons. The highest BCUT2D eigenvalue weighted by Gasteiger charge is 2.14. The monoisotopic (exact) mass is 210 g/mol. The minimum atomic E-state index is -0.388. The largest absolute Gasteiger partial charge is 0.504 e. The van der Waals surface area contributed by atoms with Crippen LogP contribution in [0.1, 0.15) is 6.42 Å². The number of carbonyl (C=O) groups is 1. The van der Waals surface area contributed by atoms with Gasteiger partial charge < -0.3 is 14.6 Å². The molecule has 0 aromatic carbocycles. The Morgan fingerprint density at radius 3 is 2.93 bits per heavy atom. The number of carbonyl (C=O) groups excluding carboxylic acids is 1. The first-order valence-corrected chi connectivity index (χ1v) is 4.57. The van der Waals surface area contributed by atoms with Gasteiger partial charge in [-0.05, 0) is 6.08 Å². The third-order valence-electron chi connectivity index (χ3n) is 2.14. The second-order valence-corrected chi connectivity index (χ2v) is 3.12. The van der Waals surface area contributed by atoms with Crippen molar-refractivity contribution < 1.29 is 19.4 Å². The van der Waals surface area contributed by atoms with Crippen LogP contribution in [0.15, 0.2) is 35.8 Å². The van der Waals surface area contributed by atoms with Crippen molar-refractivity contribution in [2.75, 3.05) is 14.2 Å². The van der Waals surface area contributed by atoms with E-state index in [9.17, 15) is 9.90 Å². The Morgan fingerprint density at radius 1 is 1.60 bits per heavy atom. The maximum Gasteiger partial charge on any atom is 0.330 e. The number of allylic oxidation sites excluding steroid dienone is 4. The molecule has 0 saturated heterocycles. The van der Waals surface area contributed by atoms with E-state index in [0.29, 0.717) is 12.2 Å². The second-order valence-electron chi connectivity index (χ2n) is 3.12. The van der Waals surface area contributed by atoms with Crippen LogP contribution in [0.2, 0.25) is 0 Å². The average Bonchev–Trinajstić information content (AvgIpc) is 2.27. The summed E-state index contributed by atoms with van der Waals surface area (Å²) in [6, 6.07) is 0. The lowest BCUT2D eigenvalue weighted by molar-refractivity contribution is -0.134. The first-order valence-electron chi connectivity index (χ1n) is 4.57. The molecule has 82 valence electrons. The summed E-state index contributed by atoms with van der Waals surface area (Å²) in [7, 11) is 2.83. The first kappa shape index (κ1) is 11.4. The van der Waals surface area contributed by atoms with E-state index in [2.05, 4.69) is 4.74 Å². The first-order chi connectivity index (χ1) is 7.17. The van der Waals surface area contributed by atoms with E-state index < -0.39 is 0 Å². The summed E-state index contributed by atoms with van der Waals surface area (Å²) in [5.41, 5.74) is 0. The number of esters is 1. The van der Waals surface area contributed by atoms with Gasteiger partial charge in [-0.2, -0.15) is 0 Å². The molecule has 1 rings (SSSR count). The molecule has 15 heavy (non-hydrogen) atoms. The predicted molar refractivity (Wildman–Crippen MR) is 55.1 cm³/mol. The highest BCUT2D eigenvalue weighted by Crippen LogP contribution is 2.23. The number of hydrogen-bond donors (Lipinski definition) is 1. The topological polar surface area (TPSA) is 55.8 Å². The van der Waals surface area contributed by atoms with Crippen molar-refractivity contribution in [2.45, 2.75) is 6.42 Å².